The summed E-state index contributed by atoms with van der Waals surface area (Å²) >= 11 is 1.94. The van der Waals surface area contributed by atoms with Crippen molar-refractivity contribution in [2.24, 2.45) is 0 Å². The molecular weight excluding hydrogens is 236 g/mol. The van der Waals surface area contributed by atoms with Crippen molar-refractivity contribution in [2.75, 3.05) is 23.7 Å². The van der Waals surface area contributed by atoms with Crippen LogP contribution in [-0.2, 0) is 0 Å². The Morgan fingerprint density at radius 3 is 2.94 bits per heavy atom. The van der Waals surface area contributed by atoms with Crippen molar-refractivity contribution in [1.82, 2.24) is 4.98 Å². The lowest BCUT2D eigenvalue weighted by molar-refractivity contribution is 0.0690. The summed E-state index contributed by atoms with van der Waals surface area (Å²) in [6.07, 6.45) is 0. The molecule has 2 rings (SSSR count). The Bertz CT molecular complexity index is 434. The van der Waals surface area contributed by atoms with E-state index < -0.39 is 5.97 Å². The van der Waals surface area contributed by atoms with Gasteiger partial charge in [0.25, 0.3) is 0 Å². The van der Waals surface area contributed by atoms with Gasteiger partial charge in [-0.3, -0.25) is 0 Å². The molecule has 0 bridgehead atoms. The molecule has 1 N–H and O–H groups in total. The number of carboxylic acids is 1. The maximum Gasteiger partial charge on any atom is 0.354 e. The summed E-state index contributed by atoms with van der Waals surface area (Å²) in [6.45, 7) is 6.22. The molecule has 1 fully saturated rings. The Morgan fingerprint density at radius 2 is 2.29 bits per heavy atom. The molecule has 1 saturated heterocycles. The van der Waals surface area contributed by atoms with E-state index in [1.165, 1.54) is 6.07 Å². The first-order chi connectivity index (χ1) is 7.98. The second-order valence-corrected chi connectivity index (χ2v) is 6.52. The van der Waals surface area contributed by atoms with Crippen LogP contribution in [0, 0.1) is 0 Å². The fourth-order valence-corrected chi connectivity index (χ4v) is 3.04. The zero-order valence-corrected chi connectivity index (χ0v) is 10.8. The molecule has 5 heteroatoms. The molecule has 0 saturated carbocycles. The molecule has 0 aromatic carbocycles. The normalized spacial score (nSPS) is 19.1. The topological polar surface area (TPSA) is 53.4 Å². The maximum absolute atomic E-state index is 10.9. The molecule has 0 atom stereocenters. The lowest BCUT2D eigenvalue weighted by Crippen LogP contribution is -2.43. The second kappa shape index (κ2) is 4.56. The first-order valence-corrected chi connectivity index (χ1v) is 6.56. The number of aromatic nitrogens is 1. The summed E-state index contributed by atoms with van der Waals surface area (Å²) in [6, 6.07) is 5.15. The van der Waals surface area contributed by atoms with E-state index in [2.05, 4.69) is 23.7 Å². The summed E-state index contributed by atoms with van der Waals surface area (Å²) in [4.78, 5) is 17.2. The zero-order valence-electron chi connectivity index (χ0n) is 10.0. The molecule has 1 aliphatic rings. The Labute approximate surface area is 105 Å². The monoisotopic (exact) mass is 252 g/mol. The molecule has 17 heavy (non-hydrogen) atoms. The SMILES string of the molecule is CC1(C)CN(c2cccc(C(=O)O)n2)CCS1. The molecule has 0 spiro atoms. The van der Waals surface area contributed by atoms with E-state index >= 15 is 0 Å². The van der Waals surface area contributed by atoms with Crippen LogP contribution in [0.1, 0.15) is 24.3 Å². The number of hydrogen-bond donors (Lipinski definition) is 1. The zero-order chi connectivity index (χ0) is 12.5. The van der Waals surface area contributed by atoms with Gasteiger partial charge in [-0.25, -0.2) is 9.78 Å². The van der Waals surface area contributed by atoms with Crippen LogP contribution in [0.2, 0.25) is 0 Å². The summed E-state index contributed by atoms with van der Waals surface area (Å²) in [7, 11) is 0. The van der Waals surface area contributed by atoms with Crippen LogP contribution >= 0.6 is 11.8 Å². The van der Waals surface area contributed by atoms with Gasteiger partial charge in [-0.2, -0.15) is 11.8 Å². The molecule has 0 radical (unpaired) electrons. The van der Waals surface area contributed by atoms with Crippen LogP contribution < -0.4 is 4.90 Å². The fourth-order valence-electron chi connectivity index (χ4n) is 1.93. The molecule has 4 nitrogen and oxygen atoms in total. The van der Waals surface area contributed by atoms with Gasteiger partial charge in [0, 0.05) is 23.6 Å². The predicted octanol–water partition coefficient (Wildman–Crippen LogP) is 2.11. The van der Waals surface area contributed by atoms with Crippen molar-refractivity contribution < 1.29 is 9.90 Å². The highest BCUT2D eigenvalue weighted by Crippen LogP contribution is 2.31. The Morgan fingerprint density at radius 1 is 1.53 bits per heavy atom. The van der Waals surface area contributed by atoms with Crippen molar-refractivity contribution in [3.8, 4) is 0 Å². The smallest absolute Gasteiger partial charge is 0.354 e. The molecular formula is C12H16N2O2S. The summed E-state index contributed by atoms with van der Waals surface area (Å²) < 4.78 is 0.194. The van der Waals surface area contributed by atoms with E-state index in [0.717, 1.165) is 24.7 Å². The third kappa shape index (κ3) is 2.91. The minimum atomic E-state index is -0.975. The third-order valence-corrected chi connectivity index (χ3v) is 4.00. The minimum Gasteiger partial charge on any atom is -0.477 e. The Balaban J connectivity index is 2.22. The van der Waals surface area contributed by atoms with Crippen molar-refractivity contribution in [3.05, 3.63) is 23.9 Å². The van der Waals surface area contributed by atoms with Gasteiger partial charge in [-0.1, -0.05) is 6.07 Å². The fraction of sp³-hybridized carbons (Fsp3) is 0.500. The first-order valence-electron chi connectivity index (χ1n) is 5.57. The van der Waals surface area contributed by atoms with Crippen LogP contribution in [-0.4, -0.2) is 39.6 Å². The molecule has 1 aliphatic heterocycles. The second-order valence-electron chi connectivity index (χ2n) is 4.72. The van der Waals surface area contributed by atoms with Crippen molar-refractivity contribution in [2.45, 2.75) is 18.6 Å². The number of hydrogen-bond acceptors (Lipinski definition) is 4. The lowest BCUT2D eigenvalue weighted by atomic mass is 10.2. The van der Waals surface area contributed by atoms with Gasteiger partial charge in [-0.05, 0) is 26.0 Å². The maximum atomic E-state index is 10.9. The van der Waals surface area contributed by atoms with Gasteiger partial charge in [0.2, 0.25) is 0 Å². The highest BCUT2D eigenvalue weighted by molar-refractivity contribution is 8.00. The van der Waals surface area contributed by atoms with Crippen molar-refractivity contribution in [1.29, 1.82) is 0 Å². The number of thioether (sulfide) groups is 1. The Kier molecular flexibility index (Phi) is 3.28. The number of carboxylic acid groups (broad SMARTS) is 1. The van der Waals surface area contributed by atoms with Crippen molar-refractivity contribution in [3.63, 3.8) is 0 Å². The standard InChI is InChI=1S/C12H16N2O2S/c1-12(2)8-14(6-7-17-12)10-5-3-4-9(13-10)11(15)16/h3-5H,6-8H2,1-2H3,(H,15,16). The van der Waals surface area contributed by atoms with Crippen LogP contribution in [0.4, 0.5) is 5.82 Å². The summed E-state index contributed by atoms with van der Waals surface area (Å²) in [5, 5.41) is 8.93. The van der Waals surface area contributed by atoms with Gasteiger partial charge < -0.3 is 10.0 Å². The highest BCUT2D eigenvalue weighted by atomic mass is 32.2. The average molecular weight is 252 g/mol. The lowest BCUT2D eigenvalue weighted by Gasteiger charge is -2.38. The highest BCUT2D eigenvalue weighted by Gasteiger charge is 2.27. The molecule has 2 heterocycles. The molecule has 1 aromatic rings. The van der Waals surface area contributed by atoms with Crippen LogP contribution in [0.3, 0.4) is 0 Å². The van der Waals surface area contributed by atoms with E-state index in [-0.39, 0.29) is 10.4 Å². The van der Waals surface area contributed by atoms with Gasteiger partial charge in [0.15, 0.2) is 5.69 Å². The Hall–Kier alpha value is -1.23. The largest absolute Gasteiger partial charge is 0.477 e. The van der Waals surface area contributed by atoms with Crippen LogP contribution in [0.15, 0.2) is 18.2 Å². The number of anilines is 1. The molecule has 0 aliphatic carbocycles. The number of carbonyl (C=O) groups is 1. The number of nitrogens with zero attached hydrogens (tertiary/aromatic N) is 2. The number of aromatic carboxylic acids is 1. The van der Waals surface area contributed by atoms with Gasteiger partial charge in [-0.15, -0.1) is 0 Å². The molecule has 0 amide bonds. The van der Waals surface area contributed by atoms with Gasteiger partial charge in [0.1, 0.15) is 5.82 Å². The van der Waals surface area contributed by atoms with E-state index in [1.54, 1.807) is 6.07 Å². The number of rotatable bonds is 2. The first kappa shape index (κ1) is 12.2. The van der Waals surface area contributed by atoms with Crippen molar-refractivity contribution >= 4 is 23.5 Å². The minimum absolute atomic E-state index is 0.110. The quantitative estimate of drug-likeness (QED) is 0.873. The van der Waals surface area contributed by atoms with E-state index in [4.69, 9.17) is 5.11 Å². The van der Waals surface area contributed by atoms with Crippen LogP contribution in [0.5, 0.6) is 0 Å². The van der Waals surface area contributed by atoms with E-state index in [9.17, 15) is 4.79 Å². The van der Waals surface area contributed by atoms with E-state index in [1.807, 2.05) is 17.8 Å². The predicted molar refractivity (Wildman–Crippen MR) is 69.9 cm³/mol. The van der Waals surface area contributed by atoms with Gasteiger partial charge >= 0.3 is 5.97 Å². The summed E-state index contributed by atoms with van der Waals surface area (Å²) in [5.41, 5.74) is 0.110. The molecule has 1 aromatic heterocycles. The van der Waals surface area contributed by atoms with Gasteiger partial charge in [0.05, 0.1) is 0 Å². The third-order valence-electron chi connectivity index (χ3n) is 2.70. The average Bonchev–Trinajstić information content (AvgIpc) is 2.28. The molecule has 0 unspecified atom stereocenters. The number of pyridine rings is 1. The van der Waals surface area contributed by atoms with Crippen LogP contribution in [0.25, 0.3) is 0 Å². The summed E-state index contributed by atoms with van der Waals surface area (Å²) in [5.74, 6) is 0.835. The van der Waals surface area contributed by atoms with E-state index in [0.29, 0.717) is 0 Å². The molecule has 92 valence electrons.